The fourth-order valence-corrected chi connectivity index (χ4v) is 8.24. The van der Waals surface area contributed by atoms with Crippen molar-refractivity contribution in [2.45, 2.75) is 59.0 Å². The number of hydrogen-bond donors (Lipinski definition) is 2. The van der Waals surface area contributed by atoms with Gasteiger partial charge in [0.1, 0.15) is 12.4 Å². The molecule has 4 unspecified atom stereocenters. The van der Waals surface area contributed by atoms with Crippen molar-refractivity contribution in [3.8, 4) is 5.75 Å². The van der Waals surface area contributed by atoms with Crippen molar-refractivity contribution in [1.82, 2.24) is 5.32 Å². The molecule has 6 rings (SSSR count). The lowest BCUT2D eigenvalue weighted by atomic mass is 9.50. The molecule has 0 bridgehead atoms. The van der Waals surface area contributed by atoms with Crippen LogP contribution in [0.2, 0.25) is 0 Å². The van der Waals surface area contributed by atoms with Crippen LogP contribution >= 0.6 is 0 Å². The number of piperidine rings is 1. The Hall–Kier alpha value is -3.08. The van der Waals surface area contributed by atoms with Crippen molar-refractivity contribution in [2.75, 3.05) is 11.9 Å². The maximum Gasteiger partial charge on any atom is 0.228 e. The molecular formula is C32H38N2O3. The molecule has 3 aliphatic carbocycles. The van der Waals surface area contributed by atoms with E-state index in [-0.39, 0.29) is 28.4 Å². The summed E-state index contributed by atoms with van der Waals surface area (Å²) < 4.78 is 5.98. The summed E-state index contributed by atoms with van der Waals surface area (Å²) in [4.78, 5) is 25.9. The van der Waals surface area contributed by atoms with Crippen LogP contribution in [0.15, 0.2) is 66.4 Å². The number of carbonyl (C=O) groups excluding carboxylic acids is 2. The van der Waals surface area contributed by atoms with Gasteiger partial charge in [-0.25, -0.2) is 0 Å². The van der Waals surface area contributed by atoms with E-state index in [9.17, 15) is 9.59 Å². The van der Waals surface area contributed by atoms with Crippen LogP contribution in [0.4, 0.5) is 5.69 Å². The molecule has 3 fully saturated rings. The van der Waals surface area contributed by atoms with Gasteiger partial charge in [-0.2, -0.15) is 0 Å². The topological polar surface area (TPSA) is 67.4 Å². The van der Waals surface area contributed by atoms with Crippen LogP contribution in [0.25, 0.3) is 0 Å². The number of nitrogens with one attached hydrogen (secondary N) is 2. The van der Waals surface area contributed by atoms with Crippen LogP contribution in [0.3, 0.4) is 0 Å². The predicted molar refractivity (Wildman–Crippen MR) is 145 cm³/mol. The number of hydrogen-bond acceptors (Lipinski definition) is 4. The second kappa shape index (κ2) is 9.34. The Bertz CT molecular complexity index is 1220. The molecule has 2 saturated carbocycles. The summed E-state index contributed by atoms with van der Waals surface area (Å²) in [6.07, 6.45) is 7.73. The third kappa shape index (κ3) is 4.17. The molecule has 6 atom stereocenters. The number of ether oxygens (including phenoxy) is 1. The lowest BCUT2D eigenvalue weighted by Crippen LogP contribution is -2.57. The van der Waals surface area contributed by atoms with Crippen molar-refractivity contribution < 1.29 is 14.3 Å². The van der Waals surface area contributed by atoms with Crippen molar-refractivity contribution in [1.29, 1.82) is 0 Å². The Morgan fingerprint density at radius 2 is 1.78 bits per heavy atom. The smallest absolute Gasteiger partial charge is 0.228 e. The molecule has 0 spiro atoms. The van der Waals surface area contributed by atoms with Crippen LogP contribution in [-0.4, -0.2) is 18.2 Å². The average molecular weight is 499 g/mol. The molecule has 2 aromatic carbocycles. The number of anilines is 1. The van der Waals surface area contributed by atoms with E-state index in [2.05, 4.69) is 24.5 Å². The normalized spacial score (nSPS) is 34.3. The molecule has 0 aromatic heterocycles. The molecule has 4 aliphatic rings. The third-order valence-electron chi connectivity index (χ3n) is 10.3. The second-order valence-corrected chi connectivity index (χ2v) is 12.1. The molecule has 2 N–H and O–H groups in total. The molecule has 1 saturated heterocycles. The lowest BCUT2D eigenvalue weighted by Gasteiger charge is -2.58. The number of fused-ring (bicyclic) bond motifs is 5. The van der Waals surface area contributed by atoms with E-state index in [1.165, 1.54) is 0 Å². The zero-order chi connectivity index (χ0) is 25.6. The summed E-state index contributed by atoms with van der Waals surface area (Å²) in [7, 11) is 0. The number of para-hydroxylation sites is 2. The molecule has 5 nitrogen and oxygen atoms in total. The molecule has 1 heterocycles. The fourth-order valence-electron chi connectivity index (χ4n) is 8.24. The highest BCUT2D eigenvalue weighted by atomic mass is 16.5. The van der Waals surface area contributed by atoms with E-state index in [0.717, 1.165) is 61.3 Å². The summed E-state index contributed by atoms with van der Waals surface area (Å²) in [5, 5.41) is 6.96. The van der Waals surface area contributed by atoms with Gasteiger partial charge in [0.05, 0.1) is 0 Å². The molecule has 194 valence electrons. The number of ketones is 1. The van der Waals surface area contributed by atoms with Gasteiger partial charge >= 0.3 is 0 Å². The van der Waals surface area contributed by atoms with Gasteiger partial charge in [0.2, 0.25) is 5.91 Å². The second-order valence-electron chi connectivity index (χ2n) is 12.1. The van der Waals surface area contributed by atoms with Crippen molar-refractivity contribution in [3.05, 3.63) is 71.9 Å². The summed E-state index contributed by atoms with van der Waals surface area (Å²) in [5.74, 6) is 2.91. The van der Waals surface area contributed by atoms with Crippen molar-refractivity contribution >= 4 is 17.4 Å². The fraction of sp³-hybridized carbons (Fsp3) is 0.500. The highest BCUT2D eigenvalue weighted by molar-refractivity contribution is 5.94. The monoisotopic (exact) mass is 498 g/mol. The maximum absolute atomic E-state index is 13.8. The minimum atomic E-state index is 0.00444. The largest absolute Gasteiger partial charge is 0.489 e. The standard InChI is InChI=1S/C32H38N2O3/c1-31-17-15-26-24(19-33-29-18-22(35)14-16-32(26,29)2)25(31)12-13-27(31)30(36)34-28-11-7-6-8-21(28)20-37-23-9-4-3-5-10-23/h3-11,18,24-27,33H,12-17,19-20H2,1-2H3,(H,34,36)/t24?,25?,26?,27?,31-,32+/m0/s1. The lowest BCUT2D eigenvalue weighted by molar-refractivity contribution is -0.127. The molecule has 5 heteroatoms. The molecule has 37 heavy (non-hydrogen) atoms. The van der Waals surface area contributed by atoms with Crippen molar-refractivity contribution in [2.24, 2.45) is 34.5 Å². The predicted octanol–water partition coefficient (Wildman–Crippen LogP) is 6.12. The minimum Gasteiger partial charge on any atom is -0.489 e. The number of benzene rings is 2. The summed E-state index contributed by atoms with van der Waals surface area (Å²) >= 11 is 0. The summed E-state index contributed by atoms with van der Waals surface area (Å²) in [5.41, 5.74) is 3.06. The van der Waals surface area contributed by atoms with Gasteiger partial charge in [0.25, 0.3) is 0 Å². The Kier molecular flexibility index (Phi) is 6.13. The average Bonchev–Trinajstić information content (AvgIpc) is 3.26. The number of amides is 1. The quantitative estimate of drug-likeness (QED) is 0.521. The van der Waals surface area contributed by atoms with Gasteiger partial charge in [-0.1, -0.05) is 50.2 Å². The third-order valence-corrected chi connectivity index (χ3v) is 10.3. The first-order valence-electron chi connectivity index (χ1n) is 13.9. The Morgan fingerprint density at radius 3 is 2.62 bits per heavy atom. The van der Waals surface area contributed by atoms with Gasteiger partial charge in [-0.05, 0) is 73.5 Å². The Balaban J connectivity index is 1.17. The molecule has 2 aromatic rings. The Labute approximate surface area is 220 Å². The van der Waals surface area contributed by atoms with Gasteiger partial charge in [0, 0.05) is 47.3 Å². The number of allylic oxidation sites excluding steroid dienone is 2. The van der Waals surface area contributed by atoms with Crippen LogP contribution in [-0.2, 0) is 16.2 Å². The van der Waals surface area contributed by atoms with E-state index in [1.807, 2.05) is 60.7 Å². The highest BCUT2D eigenvalue weighted by Gasteiger charge is 2.60. The van der Waals surface area contributed by atoms with E-state index >= 15 is 0 Å². The first kappa shape index (κ1) is 24.3. The van der Waals surface area contributed by atoms with Crippen LogP contribution in [0.5, 0.6) is 5.75 Å². The Morgan fingerprint density at radius 1 is 1.00 bits per heavy atom. The van der Waals surface area contributed by atoms with Crippen LogP contribution in [0.1, 0.15) is 57.9 Å². The number of carbonyl (C=O) groups is 2. The highest BCUT2D eigenvalue weighted by Crippen LogP contribution is 2.64. The van der Waals surface area contributed by atoms with Gasteiger partial charge in [-0.15, -0.1) is 0 Å². The molecule has 0 radical (unpaired) electrons. The van der Waals surface area contributed by atoms with Crippen LogP contribution in [0, 0.1) is 34.5 Å². The zero-order valence-electron chi connectivity index (χ0n) is 22.0. The maximum atomic E-state index is 13.8. The van der Waals surface area contributed by atoms with Gasteiger partial charge in [-0.3, -0.25) is 9.59 Å². The first-order valence-corrected chi connectivity index (χ1v) is 13.9. The van der Waals surface area contributed by atoms with E-state index in [0.29, 0.717) is 30.8 Å². The SMILES string of the molecule is C[C@]12CCC3C(CNC4=CC(=O)CC[C@@]43C)C1CCC2C(=O)Nc1ccccc1COc1ccccc1. The van der Waals surface area contributed by atoms with Crippen molar-refractivity contribution in [3.63, 3.8) is 0 Å². The van der Waals surface area contributed by atoms with Gasteiger partial charge < -0.3 is 15.4 Å². The van der Waals surface area contributed by atoms with Gasteiger partial charge in [0.15, 0.2) is 5.78 Å². The first-order chi connectivity index (χ1) is 17.9. The zero-order valence-corrected chi connectivity index (χ0v) is 22.0. The summed E-state index contributed by atoms with van der Waals surface area (Å²) in [6, 6.07) is 17.8. The van der Waals surface area contributed by atoms with E-state index < -0.39 is 0 Å². The van der Waals surface area contributed by atoms with Crippen LogP contribution < -0.4 is 15.4 Å². The molecule has 1 amide bonds. The van der Waals surface area contributed by atoms with E-state index in [1.54, 1.807) is 0 Å². The molecular weight excluding hydrogens is 460 g/mol. The van der Waals surface area contributed by atoms with E-state index in [4.69, 9.17) is 4.74 Å². The number of rotatable bonds is 5. The minimum absolute atomic E-state index is 0.00444. The summed E-state index contributed by atoms with van der Waals surface area (Å²) in [6.45, 7) is 6.07. The molecule has 1 aliphatic heterocycles.